The van der Waals surface area contributed by atoms with Crippen molar-refractivity contribution in [1.29, 1.82) is 0 Å². The van der Waals surface area contributed by atoms with Gasteiger partial charge in [-0.15, -0.1) is 0 Å². The number of carbonyl (C=O) groups is 1. The molecule has 0 N–H and O–H groups in total. The van der Waals surface area contributed by atoms with Crippen molar-refractivity contribution < 1.29 is 9.53 Å². The molecule has 6 nitrogen and oxygen atoms in total. The Morgan fingerprint density at radius 2 is 1.93 bits per heavy atom. The van der Waals surface area contributed by atoms with Crippen LogP contribution in [-0.2, 0) is 17.8 Å². The smallest absolute Gasteiger partial charge is 0.254 e. The molecule has 2 aromatic carbocycles. The molecule has 4 rings (SSSR count). The minimum absolute atomic E-state index is 0.0353. The molecule has 0 saturated heterocycles. The van der Waals surface area contributed by atoms with Gasteiger partial charge in [-0.3, -0.25) is 14.2 Å². The lowest BCUT2D eigenvalue weighted by molar-refractivity contribution is -0.119. The summed E-state index contributed by atoms with van der Waals surface area (Å²) in [5, 5.41) is 0. The molecule has 1 aromatic heterocycles. The van der Waals surface area contributed by atoms with Crippen LogP contribution in [0.5, 0.6) is 5.75 Å². The van der Waals surface area contributed by atoms with Crippen LogP contribution in [0.15, 0.2) is 65.7 Å². The minimum atomic E-state index is -0.269. The highest BCUT2D eigenvalue weighted by molar-refractivity contribution is 5.94. The lowest BCUT2D eigenvalue weighted by Gasteiger charge is -2.29. The van der Waals surface area contributed by atoms with Gasteiger partial charge in [-0.25, -0.2) is 4.98 Å². The molecular weight excluding hydrogens is 354 g/mol. The zero-order valence-electron chi connectivity index (χ0n) is 15.7. The van der Waals surface area contributed by atoms with E-state index in [2.05, 4.69) is 4.98 Å². The van der Waals surface area contributed by atoms with Gasteiger partial charge in [-0.05, 0) is 36.6 Å². The number of hydrogen-bond acceptors (Lipinski definition) is 4. The van der Waals surface area contributed by atoms with Gasteiger partial charge in [-0.1, -0.05) is 30.3 Å². The number of fused-ring (bicyclic) bond motifs is 1. The van der Waals surface area contributed by atoms with E-state index in [0.717, 1.165) is 24.1 Å². The van der Waals surface area contributed by atoms with E-state index >= 15 is 0 Å². The zero-order chi connectivity index (χ0) is 19.5. The fourth-order valence-electron chi connectivity index (χ4n) is 3.57. The molecule has 6 heteroatoms. The second-order valence-corrected chi connectivity index (χ2v) is 6.72. The fourth-order valence-corrected chi connectivity index (χ4v) is 3.57. The molecule has 3 aromatic rings. The number of hydrogen-bond donors (Lipinski definition) is 0. The number of nitrogens with zero attached hydrogens (tertiary/aromatic N) is 3. The normalized spacial score (nSPS) is 13.1. The number of aromatic nitrogens is 2. The number of aryl methyl sites for hydroxylation is 1. The Kier molecular flexibility index (Phi) is 4.93. The summed E-state index contributed by atoms with van der Waals surface area (Å²) in [5.74, 6) is 0.536. The van der Waals surface area contributed by atoms with E-state index in [0.29, 0.717) is 18.0 Å². The van der Waals surface area contributed by atoms with Crippen LogP contribution in [-0.4, -0.2) is 29.1 Å². The van der Waals surface area contributed by atoms with Crippen LogP contribution in [0.3, 0.4) is 0 Å². The lowest BCUT2D eigenvalue weighted by atomic mass is 10.0. The van der Waals surface area contributed by atoms with E-state index in [1.165, 1.54) is 22.5 Å². The van der Waals surface area contributed by atoms with E-state index in [4.69, 9.17) is 4.74 Å². The monoisotopic (exact) mass is 375 g/mol. The number of amides is 1. The third-order valence-corrected chi connectivity index (χ3v) is 4.98. The van der Waals surface area contributed by atoms with E-state index in [9.17, 15) is 9.59 Å². The molecule has 2 heterocycles. The summed E-state index contributed by atoms with van der Waals surface area (Å²) in [6, 6.07) is 16.7. The van der Waals surface area contributed by atoms with Crippen LogP contribution >= 0.6 is 0 Å². The Hall–Kier alpha value is -3.41. The van der Waals surface area contributed by atoms with Crippen molar-refractivity contribution in [2.75, 3.05) is 18.6 Å². The average Bonchev–Trinajstić information content (AvgIpc) is 2.74. The first-order chi connectivity index (χ1) is 13.7. The quantitative estimate of drug-likeness (QED) is 0.703. The Morgan fingerprint density at radius 1 is 1.14 bits per heavy atom. The zero-order valence-corrected chi connectivity index (χ0v) is 15.7. The summed E-state index contributed by atoms with van der Waals surface area (Å²) < 4.78 is 6.68. The molecule has 0 aliphatic carbocycles. The molecular formula is C22H21N3O3. The molecule has 0 atom stereocenters. The Labute approximate surface area is 163 Å². The van der Waals surface area contributed by atoms with Crippen molar-refractivity contribution in [1.82, 2.24) is 9.55 Å². The predicted molar refractivity (Wildman–Crippen MR) is 108 cm³/mol. The number of methoxy groups -OCH3 is 1. The van der Waals surface area contributed by atoms with Crippen LogP contribution in [0.4, 0.5) is 5.69 Å². The van der Waals surface area contributed by atoms with Crippen molar-refractivity contribution in [3.8, 4) is 17.0 Å². The summed E-state index contributed by atoms with van der Waals surface area (Å²) in [4.78, 5) is 31.6. The van der Waals surface area contributed by atoms with Gasteiger partial charge >= 0.3 is 0 Å². The van der Waals surface area contributed by atoms with E-state index in [1.807, 2.05) is 48.5 Å². The van der Waals surface area contributed by atoms with Crippen molar-refractivity contribution in [2.24, 2.45) is 0 Å². The van der Waals surface area contributed by atoms with Gasteiger partial charge in [0.1, 0.15) is 12.3 Å². The van der Waals surface area contributed by atoms with Crippen molar-refractivity contribution in [2.45, 2.75) is 19.4 Å². The number of anilines is 1. The number of benzene rings is 2. The fraction of sp³-hybridized carbons (Fsp3) is 0.227. The maximum Gasteiger partial charge on any atom is 0.254 e. The summed E-state index contributed by atoms with van der Waals surface area (Å²) in [7, 11) is 1.58. The topological polar surface area (TPSA) is 64.4 Å². The first-order valence-corrected chi connectivity index (χ1v) is 9.25. The van der Waals surface area contributed by atoms with Gasteiger partial charge in [0.25, 0.3) is 5.56 Å². The third kappa shape index (κ3) is 3.41. The summed E-state index contributed by atoms with van der Waals surface area (Å²) in [5.41, 5.74) is 3.10. The molecule has 0 bridgehead atoms. The van der Waals surface area contributed by atoms with Crippen LogP contribution in [0.25, 0.3) is 11.3 Å². The Balaban J connectivity index is 1.58. The highest BCUT2D eigenvalue weighted by Crippen LogP contribution is 2.28. The van der Waals surface area contributed by atoms with Crippen LogP contribution in [0.1, 0.15) is 12.0 Å². The maximum atomic E-state index is 12.9. The molecule has 0 radical (unpaired) electrons. The number of rotatable bonds is 4. The van der Waals surface area contributed by atoms with Gasteiger partial charge in [0, 0.05) is 23.9 Å². The van der Waals surface area contributed by atoms with E-state index in [1.54, 1.807) is 12.0 Å². The van der Waals surface area contributed by atoms with Gasteiger partial charge in [0.2, 0.25) is 5.91 Å². The van der Waals surface area contributed by atoms with E-state index < -0.39 is 0 Å². The standard InChI is InChI=1S/C22H21N3O3/c1-28-20-11-5-3-9-17(20)18-13-21(26)24(15-23-18)14-22(27)25-12-6-8-16-7-2-4-10-19(16)25/h2-5,7,9-11,13,15H,6,8,12,14H2,1H3. The van der Waals surface area contributed by atoms with Crippen LogP contribution in [0.2, 0.25) is 0 Å². The lowest BCUT2D eigenvalue weighted by Crippen LogP contribution is -2.39. The van der Waals surface area contributed by atoms with Crippen molar-refractivity contribution >= 4 is 11.6 Å². The van der Waals surface area contributed by atoms with Crippen molar-refractivity contribution in [3.05, 3.63) is 76.8 Å². The molecule has 0 unspecified atom stereocenters. The SMILES string of the molecule is COc1ccccc1-c1cc(=O)n(CC(=O)N2CCCc3ccccc32)cn1. The Bertz CT molecular complexity index is 1070. The van der Waals surface area contributed by atoms with Gasteiger partial charge in [0.15, 0.2) is 0 Å². The predicted octanol–water partition coefficient (Wildman–Crippen LogP) is 2.90. The van der Waals surface area contributed by atoms with Crippen LogP contribution < -0.4 is 15.2 Å². The molecule has 0 saturated carbocycles. The maximum absolute atomic E-state index is 12.9. The molecule has 1 aliphatic rings. The largest absolute Gasteiger partial charge is 0.496 e. The molecule has 0 spiro atoms. The van der Waals surface area contributed by atoms with E-state index in [-0.39, 0.29) is 18.0 Å². The summed E-state index contributed by atoms with van der Waals surface area (Å²) >= 11 is 0. The first-order valence-electron chi connectivity index (χ1n) is 9.25. The second kappa shape index (κ2) is 7.68. The number of carbonyl (C=O) groups excluding carboxylic acids is 1. The van der Waals surface area contributed by atoms with Gasteiger partial charge in [0.05, 0.1) is 19.1 Å². The van der Waals surface area contributed by atoms with Gasteiger partial charge < -0.3 is 9.64 Å². The second-order valence-electron chi connectivity index (χ2n) is 6.72. The molecule has 1 amide bonds. The first kappa shape index (κ1) is 18.0. The average molecular weight is 375 g/mol. The molecule has 142 valence electrons. The molecule has 1 aliphatic heterocycles. The summed E-state index contributed by atoms with van der Waals surface area (Å²) in [6.45, 7) is 0.629. The number of ether oxygens (including phenoxy) is 1. The highest BCUT2D eigenvalue weighted by Gasteiger charge is 2.22. The summed E-state index contributed by atoms with van der Waals surface area (Å²) in [6.07, 6.45) is 3.32. The van der Waals surface area contributed by atoms with Gasteiger partial charge in [-0.2, -0.15) is 0 Å². The number of para-hydroxylation sites is 2. The Morgan fingerprint density at radius 3 is 2.75 bits per heavy atom. The molecule has 28 heavy (non-hydrogen) atoms. The minimum Gasteiger partial charge on any atom is -0.496 e. The third-order valence-electron chi connectivity index (χ3n) is 4.98. The highest BCUT2D eigenvalue weighted by atomic mass is 16.5. The molecule has 0 fully saturated rings. The van der Waals surface area contributed by atoms with Crippen LogP contribution in [0, 0.1) is 0 Å². The van der Waals surface area contributed by atoms with Crippen molar-refractivity contribution in [3.63, 3.8) is 0 Å².